The van der Waals surface area contributed by atoms with Crippen LogP contribution in [0.2, 0.25) is 5.02 Å². The van der Waals surface area contributed by atoms with Gasteiger partial charge in [0, 0.05) is 49.5 Å². The van der Waals surface area contributed by atoms with Crippen molar-refractivity contribution in [2.24, 2.45) is 0 Å². The standard InChI is InChI=1S/C22H26ClN3O/c1-17-13-19-6-2-3-8-21(19)26(17)22(27)16-25-11-9-24(10-12-25)15-18-5-4-7-20(23)14-18/h2-8,14,17H,9-13,15-16H2,1H3/t17-/m1/s1. The number of piperazine rings is 1. The van der Waals surface area contributed by atoms with Crippen LogP contribution in [0, 0.1) is 0 Å². The van der Waals surface area contributed by atoms with Crippen LogP contribution in [0.4, 0.5) is 5.69 Å². The molecule has 0 unspecified atom stereocenters. The first kappa shape index (κ1) is 18.5. The van der Waals surface area contributed by atoms with E-state index < -0.39 is 0 Å². The normalized spacial score (nSPS) is 20.7. The Labute approximate surface area is 166 Å². The van der Waals surface area contributed by atoms with Crippen LogP contribution in [-0.2, 0) is 17.8 Å². The monoisotopic (exact) mass is 383 g/mol. The van der Waals surface area contributed by atoms with E-state index in [1.165, 1.54) is 11.1 Å². The van der Waals surface area contributed by atoms with Gasteiger partial charge in [0.1, 0.15) is 0 Å². The molecule has 0 aromatic heterocycles. The molecule has 2 aliphatic heterocycles. The van der Waals surface area contributed by atoms with Crippen LogP contribution in [0.25, 0.3) is 0 Å². The summed E-state index contributed by atoms with van der Waals surface area (Å²) in [7, 11) is 0. The average molecular weight is 384 g/mol. The number of halogens is 1. The van der Waals surface area contributed by atoms with E-state index in [1.54, 1.807) is 0 Å². The number of benzene rings is 2. The van der Waals surface area contributed by atoms with Crippen molar-refractivity contribution in [1.29, 1.82) is 0 Å². The zero-order valence-corrected chi connectivity index (χ0v) is 16.5. The highest BCUT2D eigenvalue weighted by molar-refractivity contribution is 6.30. The molecule has 4 nitrogen and oxygen atoms in total. The Balaban J connectivity index is 1.31. The highest BCUT2D eigenvalue weighted by Gasteiger charge is 2.31. The summed E-state index contributed by atoms with van der Waals surface area (Å²) >= 11 is 6.08. The number of rotatable bonds is 4. The van der Waals surface area contributed by atoms with Crippen LogP contribution < -0.4 is 4.90 Å². The van der Waals surface area contributed by atoms with Gasteiger partial charge in [0.05, 0.1) is 6.54 Å². The first-order valence-electron chi connectivity index (χ1n) is 9.69. The van der Waals surface area contributed by atoms with Gasteiger partial charge < -0.3 is 4.90 Å². The second kappa shape index (κ2) is 8.01. The minimum atomic E-state index is 0.218. The number of para-hydroxylation sites is 1. The SMILES string of the molecule is C[C@@H]1Cc2ccccc2N1C(=O)CN1CCN(Cc2cccc(Cl)c2)CC1. The van der Waals surface area contributed by atoms with E-state index in [9.17, 15) is 4.79 Å². The maximum absolute atomic E-state index is 13.0. The summed E-state index contributed by atoms with van der Waals surface area (Å²) in [5, 5.41) is 0.789. The molecule has 0 bridgehead atoms. The van der Waals surface area contributed by atoms with Gasteiger partial charge in [-0.05, 0) is 42.7 Å². The van der Waals surface area contributed by atoms with E-state index in [2.05, 4.69) is 41.0 Å². The molecular formula is C22H26ClN3O. The van der Waals surface area contributed by atoms with Crippen LogP contribution in [0.3, 0.4) is 0 Å². The Kier molecular flexibility index (Phi) is 5.48. The molecule has 2 aliphatic rings. The van der Waals surface area contributed by atoms with Crippen LogP contribution in [-0.4, -0.2) is 54.5 Å². The van der Waals surface area contributed by atoms with Gasteiger partial charge in [-0.1, -0.05) is 41.9 Å². The lowest BCUT2D eigenvalue weighted by atomic mass is 10.1. The van der Waals surface area contributed by atoms with E-state index >= 15 is 0 Å². The van der Waals surface area contributed by atoms with Crippen molar-refractivity contribution < 1.29 is 4.79 Å². The Morgan fingerprint density at radius 2 is 1.78 bits per heavy atom. The first-order chi connectivity index (χ1) is 13.1. The van der Waals surface area contributed by atoms with E-state index in [0.717, 1.165) is 49.9 Å². The summed E-state index contributed by atoms with van der Waals surface area (Å²) in [6, 6.07) is 16.6. The number of amides is 1. The highest BCUT2D eigenvalue weighted by atomic mass is 35.5. The maximum Gasteiger partial charge on any atom is 0.241 e. The molecule has 27 heavy (non-hydrogen) atoms. The number of nitrogens with zero attached hydrogens (tertiary/aromatic N) is 3. The molecule has 5 heteroatoms. The summed E-state index contributed by atoms with van der Waals surface area (Å²) < 4.78 is 0. The summed E-state index contributed by atoms with van der Waals surface area (Å²) in [6.45, 7) is 7.37. The average Bonchev–Trinajstić information content (AvgIpc) is 2.99. The molecular weight excluding hydrogens is 358 g/mol. The number of anilines is 1. The van der Waals surface area contributed by atoms with Crippen molar-refractivity contribution in [3.05, 3.63) is 64.7 Å². The van der Waals surface area contributed by atoms with Crippen molar-refractivity contribution >= 4 is 23.2 Å². The van der Waals surface area contributed by atoms with E-state index in [0.29, 0.717) is 6.54 Å². The molecule has 0 saturated carbocycles. The number of carbonyl (C=O) groups is 1. The molecule has 1 fully saturated rings. The van der Waals surface area contributed by atoms with Crippen LogP contribution in [0.5, 0.6) is 0 Å². The predicted octanol–water partition coefficient (Wildman–Crippen LogP) is 3.44. The van der Waals surface area contributed by atoms with Gasteiger partial charge in [-0.3, -0.25) is 14.6 Å². The fourth-order valence-corrected chi connectivity index (χ4v) is 4.42. The van der Waals surface area contributed by atoms with Crippen molar-refractivity contribution in [3.8, 4) is 0 Å². The predicted molar refractivity (Wildman–Crippen MR) is 110 cm³/mol. The van der Waals surface area contributed by atoms with E-state index in [-0.39, 0.29) is 11.9 Å². The Morgan fingerprint density at radius 3 is 2.56 bits per heavy atom. The second-order valence-corrected chi connectivity index (χ2v) is 8.06. The van der Waals surface area contributed by atoms with Gasteiger partial charge in [-0.25, -0.2) is 0 Å². The largest absolute Gasteiger partial charge is 0.308 e. The summed E-state index contributed by atoms with van der Waals surface area (Å²) in [5.41, 5.74) is 3.62. The zero-order valence-electron chi connectivity index (χ0n) is 15.8. The third-order valence-electron chi connectivity index (χ3n) is 5.59. The van der Waals surface area contributed by atoms with Crippen LogP contribution in [0.15, 0.2) is 48.5 Å². The van der Waals surface area contributed by atoms with Gasteiger partial charge in [0.15, 0.2) is 0 Å². The molecule has 1 amide bonds. The van der Waals surface area contributed by atoms with Crippen LogP contribution >= 0.6 is 11.6 Å². The molecule has 142 valence electrons. The van der Waals surface area contributed by atoms with Crippen molar-refractivity contribution in [3.63, 3.8) is 0 Å². The third kappa shape index (κ3) is 4.18. The molecule has 2 aromatic rings. The molecule has 2 aromatic carbocycles. The van der Waals surface area contributed by atoms with Crippen molar-refractivity contribution in [2.45, 2.75) is 25.9 Å². The van der Waals surface area contributed by atoms with Gasteiger partial charge in [0.2, 0.25) is 5.91 Å². The molecule has 2 heterocycles. The van der Waals surface area contributed by atoms with Gasteiger partial charge >= 0.3 is 0 Å². The topological polar surface area (TPSA) is 26.8 Å². The maximum atomic E-state index is 13.0. The lowest BCUT2D eigenvalue weighted by Crippen LogP contribution is -2.50. The third-order valence-corrected chi connectivity index (χ3v) is 5.83. The zero-order chi connectivity index (χ0) is 18.8. The Morgan fingerprint density at radius 1 is 1.04 bits per heavy atom. The highest BCUT2D eigenvalue weighted by Crippen LogP contribution is 2.31. The fraction of sp³-hybridized carbons (Fsp3) is 0.409. The van der Waals surface area contributed by atoms with Crippen LogP contribution in [0.1, 0.15) is 18.1 Å². The molecule has 0 spiro atoms. The minimum absolute atomic E-state index is 0.218. The molecule has 1 atom stereocenters. The quantitative estimate of drug-likeness (QED) is 0.809. The van der Waals surface area contributed by atoms with E-state index in [4.69, 9.17) is 11.6 Å². The molecule has 0 aliphatic carbocycles. The van der Waals surface area contributed by atoms with Gasteiger partial charge in [-0.2, -0.15) is 0 Å². The molecule has 4 rings (SSSR count). The number of hydrogen-bond acceptors (Lipinski definition) is 3. The Bertz CT molecular complexity index is 817. The number of carbonyl (C=O) groups excluding carboxylic acids is 1. The Hall–Kier alpha value is -1.88. The lowest BCUT2D eigenvalue weighted by Gasteiger charge is -2.35. The lowest BCUT2D eigenvalue weighted by molar-refractivity contribution is -0.120. The number of hydrogen-bond donors (Lipinski definition) is 0. The fourth-order valence-electron chi connectivity index (χ4n) is 4.21. The minimum Gasteiger partial charge on any atom is -0.308 e. The molecule has 1 saturated heterocycles. The summed E-state index contributed by atoms with van der Waals surface area (Å²) in [4.78, 5) is 19.7. The van der Waals surface area contributed by atoms with Gasteiger partial charge in [-0.15, -0.1) is 0 Å². The molecule has 0 N–H and O–H groups in total. The first-order valence-corrected chi connectivity index (χ1v) is 10.1. The van der Waals surface area contributed by atoms with Crippen molar-refractivity contribution in [2.75, 3.05) is 37.6 Å². The smallest absolute Gasteiger partial charge is 0.241 e. The van der Waals surface area contributed by atoms with E-state index in [1.807, 2.05) is 29.2 Å². The van der Waals surface area contributed by atoms with Gasteiger partial charge in [0.25, 0.3) is 0 Å². The second-order valence-electron chi connectivity index (χ2n) is 7.63. The van der Waals surface area contributed by atoms with Crippen molar-refractivity contribution in [1.82, 2.24) is 9.80 Å². The summed E-state index contributed by atoms with van der Waals surface area (Å²) in [6.07, 6.45) is 0.954. The summed E-state index contributed by atoms with van der Waals surface area (Å²) in [5.74, 6) is 0.218. The number of fused-ring (bicyclic) bond motifs is 1. The molecule has 0 radical (unpaired) electrons.